The lowest BCUT2D eigenvalue weighted by Gasteiger charge is -2.27. The fraction of sp³-hybridized carbons (Fsp3) is 0.238. The molecule has 10 heteroatoms. The molecule has 31 heavy (non-hydrogen) atoms. The van der Waals surface area contributed by atoms with E-state index in [0.717, 1.165) is 11.1 Å². The highest BCUT2D eigenvalue weighted by molar-refractivity contribution is 6.30. The van der Waals surface area contributed by atoms with Gasteiger partial charge >= 0.3 is 0 Å². The second kappa shape index (κ2) is 10.4. The lowest BCUT2D eigenvalue weighted by molar-refractivity contribution is 0.122. The van der Waals surface area contributed by atoms with Crippen molar-refractivity contribution < 1.29 is 4.74 Å². The average Bonchev–Trinajstić information content (AvgIpc) is 2.80. The Morgan fingerprint density at radius 2 is 1.55 bits per heavy atom. The number of anilines is 3. The van der Waals surface area contributed by atoms with E-state index < -0.39 is 0 Å². The van der Waals surface area contributed by atoms with Gasteiger partial charge in [-0.3, -0.25) is 0 Å². The van der Waals surface area contributed by atoms with Gasteiger partial charge in [-0.1, -0.05) is 47.5 Å². The SMILES string of the molecule is Clc1ccc(/C=N/Nc2nc(NCc3ccc(Cl)cc3)nc(N3CCOCC3)n2)cc1. The zero-order chi connectivity index (χ0) is 21.5. The maximum atomic E-state index is 5.96. The van der Waals surface area contributed by atoms with Gasteiger partial charge in [0.05, 0.1) is 19.4 Å². The monoisotopic (exact) mass is 457 g/mol. The Morgan fingerprint density at radius 3 is 2.26 bits per heavy atom. The summed E-state index contributed by atoms with van der Waals surface area (Å²) in [5, 5.41) is 8.86. The molecular formula is C21H21Cl2N7O. The molecule has 1 aliphatic rings. The zero-order valence-electron chi connectivity index (χ0n) is 16.6. The summed E-state index contributed by atoms with van der Waals surface area (Å²) in [4.78, 5) is 15.6. The number of hydrogen-bond donors (Lipinski definition) is 2. The third kappa shape index (κ3) is 6.27. The topological polar surface area (TPSA) is 87.6 Å². The van der Waals surface area contributed by atoms with E-state index in [2.05, 4.69) is 35.7 Å². The van der Waals surface area contributed by atoms with Crippen molar-refractivity contribution in [1.29, 1.82) is 0 Å². The van der Waals surface area contributed by atoms with E-state index in [-0.39, 0.29) is 0 Å². The van der Waals surface area contributed by atoms with Crippen molar-refractivity contribution in [1.82, 2.24) is 15.0 Å². The first kappa shape index (κ1) is 21.3. The summed E-state index contributed by atoms with van der Waals surface area (Å²) in [6.45, 7) is 3.26. The van der Waals surface area contributed by atoms with Gasteiger partial charge in [0.1, 0.15) is 0 Å². The number of nitrogens with zero attached hydrogens (tertiary/aromatic N) is 5. The number of halogens is 2. The first-order valence-electron chi connectivity index (χ1n) is 9.77. The molecule has 160 valence electrons. The molecule has 1 aliphatic heterocycles. The van der Waals surface area contributed by atoms with Crippen LogP contribution in [-0.2, 0) is 11.3 Å². The van der Waals surface area contributed by atoms with E-state index in [0.29, 0.717) is 60.7 Å². The van der Waals surface area contributed by atoms with Crippen LogP contribution in [0.2, 0.25) is 10.0 Å². The summed E-state index contributed by atoms with van der Waals surface area (Å²) < 4.78 is 5.43. The van der Waals surface area contributed by atoms with Crippen LogP contribution in [-0.4, -0.2) is 47.5 Å². The number of hydrazone groups is 1. The minimum Gasteiger partial charge on any atom is -0.378 e. The van der Waals surface area contributed by atoms with E-state index in [1.807, 2.05) is 36.4 Å². The van der Waals surface area contributed by atoms with Crippen LogP contribution in [0.3, 0.4) is 0 Å². The molecule has 2 N–H and O–H groups in total. The predicted octanol–water partition coefficient (Wildman–Crippen LogP) is 4.07. The van der Waals surface area contributed by atoms with Gasteiger partial charge in [0.2, 0.25) is 17.8 Å². The second-order valence-electron chi connectivity index (χ2n) is 6.78. The van der Waals surface area contributed by atoms with E-state index in [1.54, 1.807) is 18.3 Å². The average molecular weight is 458 g/mol. The highest BCUT2D eigenvalue weighted by atomic mass is 35.5. The Labute approximate surface area is 190 Å². The van der Waals surface area contributed by atoms with E-state index in [1.165, 1.54) is 0 Å². The largest absolute Gasteiger partial charge is 0.378 e. The quantitative estimate of drug-likeness (QED) is 0.408. The summed E-state index contributed by atoms with van der Waals surface area (Å²) in [6.07, 6.45) is 1.68. The van der Waals surface area contributed by atoms with Crippen LogP contribution in [0.25, 0.3) is 0 Å². The Kier molecular flexibility index (Phi) is 7.14. The lowest BCUT2D eigenvalue weighted by Crippen LogP contribution is -2.37. The first-order chi connectivity index (χ1) is 15.2. The highest BCUT2D eigenvalue weighted by Gasteiger charge is 2.16. The molecule has 0 bridgehead atoms. The van der Waals surface area contributed by atoms with Crippen LogP contribution in [0.4, 0.5) is 17.8 Å². The summed E-state index contributed by atoms with van der Waals surface area (Å²) >= 11 is 11.9. The molecule has 8 nitrogen and oxygen atoms in total. The fourth-order valence-corrected chi connectivity index (χ4v) is 3.15. The number of morpholine rings is 1. The molecule has 3 aromatic rings. The van der Waals surface area contributed by atoms with Crippen molar-refractivity contribution in [3.05, 3.63) is 69.7 Å². The lowest BCUT2D eigenvalue weighted by atomic mass is 10.2. The Hall–Kier alpha value is -2.94. The van der Waals surface area contributed by atoms with Crippen molar-refractivity contribution >= 4 is 47.3 Å². The molecule has 0 atom stereocenters. The normalized spacial score (nSPS) is 14.1. The number of rotatable bonds is 7. The number of ether oxygens (including phenoxy) is 1. The van der Waals surface area contributed by atoms with Crippen molar-refractivity contribution in [3.8, 4) is 0 Å². The van der Waals surface area contributed by atoms with Crippen LogP contribution in [0.1, 0.15) is 11.1 Å². The molecule has 2 heterocycles. The van der Waals surface area contributed by atoms with Gasteiger partial charge in [0.15, 0.2) is 0 Å². The van der Waals surface area contributed by atoms with Crippen LogP contribution in [0.5, 0.6) is 0 Å². The van der Waals surface area contributed by atoms with E-state index in [4.69, 9.17) is 27.9 Å². The third-order valence-corrected chi connectivity index (χ3v) is 5.03. The van der Waals surface area contributed by atoms with Crippen molar-refractivity contribution in [3.63, 3.8) is 0 Å². The van der Waals surface area contributed by atoms with Gasteiger partial charge < -0.3 is 15.0 Å². The van der Waals surface area contributed by atoms with E-state index in [9.17, 15) is 0 Å². The maximum absolute atomic E-state index is 5.96. The predicted molar refractivity (Wildman–Crippen MR) is 124 cm³/mol. The number of nitrogens with one attached hydrogen (secondary N) is 2. The molecule has 2 aromatic carbocycles. The second-order valence-corrected chi connectivity index (χ2v) is 7.66. The number of hydrogen-bond acceptors (Lipinski definition) is 8. The van der Waals surface area contributed by atoms with E-state index >= 15 is 0 Å². The molecule has 0 amide bonds. The first-order valence-corrected chi connectivity index (χ1v) is 10.5. The van der Waals surface area contributed by atoms with Gasteiger partial charge in [-0.15, -0.1) is 0 Å². The van der Waals surface area contributed by atoms with Crippen molar-refractivity contribution in [2.45, 2.75) is 6.54 Å². The Balaban J connectivity index is 1.50. The summed E-state index contributed by atoms with van der Waals surface area (Å²) in [7, 11) is 0. The van der Waals surface area contributed by atoms with Gasteiger partial charge in [-0.25, -0.2) is 5.43 Å². The molecule has 4 rings (SSSR count). The molecule has 0 unspecified atom stereocenters. The van der Waals surface area contributed by atoms with Gasteiger partial charge in [-0.05, 0) is 35.4 Å². The zero-order valence-corrected chi connectivity index (χ0v) is 18.1. The standard InChI is InChI=1S/C21H21Cl2N7O/c22-17-5-1-15(2-6-17)13-24-19-26-20(28-21(27-19)30-9-11-31-12-10-30)29-25-14-16-3-7-18(23)8-4-16/h1-8,14H,9-13H2,(H2,24,26,27,28,29)/b25-14+. The summed E-state index contributed by atoms with van der Waals surface area (Å²) in [6, 6.07) is 15.0. The molecule has 0 radical (unpaired) electrons. The van der Waals surface area contributed by atoms with Crippen molar-refractivity contribution in [2.24, 2.45) is 5.10 Å². The molecular weight excluding hydrogens is 437 g/mol. The van der Waals surface area contributed by atoms with Crippen LogP contribution in [0, 0.1) is 0 Å². The molecule has 1 fully saturated rings. The fourth-order valence-electron chi connectivity index (χ4n) is 2.90. The molecule has 1 aromatic heterocycles. The summed E-state index contributed by atoms with van der Waals surface area (Å²) in [5.74, 6) is 1.37. The highest BCUT2D eigenvalue weighted by Crippen LogP contribution is 2.17. The smallest absolute Gasteiger partial charge is 0.250 e. The van der Waals surface area contributed by atoms with Crippen LogP contribution < -0.4 is 15.6 Å². The number of aromatic nitrogens is 3. The number of benzene rings is 2. The van der Waals surface area contributed by atoms with Gasteiger partial charge in [0, 0.05) is 29.7 Å². The molecule has 0 aliphatic carbocycles. The van der Waals surface area contributed by atoms with Crippen LogP contribution >= 0.6 is 23.2 Å². The minimum absolute atomic E-state index is 0.348. The van der Waals surface area contributed by atoms with Gasteiger partial charge in [0.25, 0.3) is 0 Å². The molecule has 0 spiro atoms. The molecule has 1 saturated heterocycles. The van der Waals surface area contributed by atoms with Gasteiger partial charge in [-0.2, -0.15) is 20.1 Å². The minimum atomic E-state index is 0.348. The third-order valence-electron chi connectivity index (χ3n) is 4.53. The van der Waals surface area contributed by atoms with Crippen LogP contribution in [0.15, 0.2) is 53.6 Å². The Morgan fingerprint density at radius 1 is 0.903 bits per heavy atom. The maximum Gasteiger partial charge on any atom is 0.250 e. The Bertz CT molecular complexity index is 1020. The van der Waals surface area contributed by atoms with Crippen molar-refractivity contribution in [2.75, 3.05) is 41.9 Å². The summed E-state index contributed by atoms with van der Waals surface area (Å²) in [5.41, 5.74) is 4.86. The molecule has 0 saturated carbocycles.